The molecule has 0 amide bonds. The molecule has 0 spiro atoms. The van der Waals surface area contributed by atoms with Crippen LogP contribution in [0.25, 0.3) is 0 Å². The van der Waals surface area contributed by atoms with Gasteiger partial charge in [-0.3, -0.25) is 0 Å². The second-order valence-corrected chi connectivity index (χ2v) is 3.46. The molecule has 0 saturated heterocycles. The number of ether oxygens (including phenoxy) is 2. The molecule has 1 saturated carbocycles. The lowest BCUT2D eigenvalue weighted by Gasteiger charge is -2.25. The summed E-state index contributed by atoms with van der Waals surface area (Å²) in [4.78, 5) is 0. The van der Waals surface area contributed by atoms with Crippen molar-refractivity contribution in [2.75, 3.05) is 20.5 Å². The average molecular weight is 174 g/mol. The van der Waals surface area contributed by atoms with Crippen LogP contribution in [0.1, 0.15) is 25.7 Å². The quantitative estimate of drug-likeness (QED) is 0.513. The number of hydrogen-bond donors (Lipinski definition) is 1. The number of aliphatic hydroxyl groups is 1. The maximum Gasteiger partial charge on any atom is 0.146 e. The molecule has 3 heteroatoms. The smallest absolute Gasteiger partial charge is 0.146 e. The number of hydrogen-bond acceptors (Lipinski definition) is 3. The van der Waals surface area contributed by atoms with E-state index in [9.17, 15) is 5.11 Å². The Morgan fingerprint density at radius 2 is 2.25 bits per heavy atom. The van der Waals surface area contributed by atoms with Gasteiger partial charge < -0.3 is 14.6 Å². The van der Waals surface area contributed by atoms with Gasteiger partial charge in [-0.2, -0.15) is 0 Å². The Bertz CT molecular complexity index is 116. The van der Waals surface area contributed by atoms with Crippen LogP contribution < -0.4 is 0 Å². The van der Waals surface area contributed by atoms with Crippen molar-refractivity contribution in [3.8, 4) is 0 Å². The number of rotatable bonds is 4. The molecule has 3 nitrogen and oxygen atoms in total. The first-order valence-corrected chi connectivity index (χ1v) is 4.57. The highest BCUT2D eigenvalue weighted by Gasteiger charge is 2.19. The average Bonchev–Trinajstić information content (AvgIpc) is 2.05. The van der Waals surface area contributed by atoms with E-state index < -0.39 is 0 Å². The normalized spacial score (nSPS) is 30.5. The van der Waals surface area contributed by atoms with E-state index in [4.69, 9.17) is 9.47 Å². The van der Waals surface area contributed by atoms with Gasteiger partial charge in [0.15, 0.2) is 0 Å². The van der Waals surface area contributed by atoms with E-state index in [1.165, 1.54) is 6.42 Å². The van der Waals surface area contributed by atoms with E-state index in [1.54, 1.807) is 7.11 Å². The predicted molar refractivity (Wildman–Crippen MR) is 45.8 cm³/mol. The lowest BCUT2D eigenvalue weighted by Crippen LogP contribution is -2.23. The first-order valence-electron chi connectivity index (χ1n) is 4.57. The second-order valence-electron chi connectivity index (χ2n) is 3.46. The zero-order valence-corrected chi connectivity index (χ0v) is 7.66. The zero-order chi connectivity index (χ0) is 8.81. The lowest BCUT2D eigenvalue weighted by atomic mass is 9.88. The fourth-order valence-corrected chi connectivity index (χ4v) is 1.71. The molecule has 1 aliphatic rings. The molecular formula is C9H18O3. The van der Waals surface area contributed by atoms with Crippen LogP contribution in [0.15, 0.2) is 0 Å². The fourth-order valence-electron chi connectivity index (χ4n) is 1.71. The Balaban J connectivity index is 2.06. The molecule has 0 heterocycles. The van der Waals surface area contributed by atoms with E-state index in [0.29, 0.717) is 12.7 Å². The second kappa shape index (κ2) is 5.51. The monoisotopic (exact) mass is 174 g/mol. The van der Waals surface area contributed by atoms with Gasteiger partial charge in [-0.05, 0) is 25.2 Å². The van der Waals surface area contributed by atoms with Crippen LogP contribution in [-0.2, 0) is 9.47 Å². The molecule has 0 aromatic carbocycles. The molecule has 12 heavy (non-hydrogen) atoms. The standard InChI is InChI=1S/C9H18O3/c1-11-7-12-6-8-3-2-4-9(10)5-8/h8-10H,2-7H2,1H3. The minimum absolute atomic E-state index is 0.102. The van der Waals surface area contributed by atoms with E-state index in [-0.39, 0.29) is 6.10 Å². The highest BCUT2D eigenvalue weighted by Crippen LogP contribution is 2.24. The Hall–Kier alpha value is -0.120. The van der Waals surface area contributed by atoms with Crippen LogP contribution in [0.5, 0.6) is 0 Å². The number of aliphatic hydroxyl groups excluding tert-OH is 1. The minimum Gasteiger partial charge on any atom is -0.393 e. The molecule has 0 aromatic rings. The van der Waals surface area contributed by atoms with Gasteiger partial charge in [-0.15, -0.1) is 0 Å². The maximum atomic E-state index is 9.35. The molecule has 0 radical (unpaired) electrons. The van der Waals surface area contributed by atoms with E-state index in [2.05, 4.69) is 0 Å². The topological polar surface area (TPSA) is 38.7 Å². The molecule has 0 aliphatic heterocycles. The number of methoxy groups -OCH3 is 1. The summed E-state index contributed by atoms with van der Waals surface area (Å²) in [6, 6.07) is 0. The van der Waals surface area contributed by atoms with Crippen LogP contribution in [0.2, 0.25) is 0 Å². The summed E-state index contributed by atoms with van der Waals surface area (Å²) >= 11 is 0. The SMILES string of the molecule is COCOCC1CCCC(O)C1. The molecule has 72 valence electrons. The van der Waals surface area contributed by atoms with Gasteiger partial charge in [-0.25, -0.2) is 0 Å². The van der Waals surface area contributed by atoms with Crippen LogP contribution in [0.4, 0.5) is 0 Å². The summed E-state index contributed by atoms with van der Waals surface area (Å²) < 4.78 is 10.0. The molecule has 1 aliphatic carbocycles. The third kappa shape index (κ3) is 3.52. The van der Waals surface area contributed by atoms with Crippen molar-refractivity contribution in [1.82, 2.24) is 0 Å². The summed E-state index contributed by atoms with van der Waals surface area (Å²) in [5.74, 6) is 0.531. The van der Waals surface area contributed by atoms with Crippen molar-refractivity contribution in [2.24, 2.45) is 5.92 Å². The minimum atomic E-state index is -0.102. The van der Waals surface area contributed by atoms with E-state index in [1.807, 2.05) is 0 Å². The van der Waals surface area contributed by atoms with Crippen LogP contribution in [0, 0.1) is 5.92 Å². The van der Waals surface area contributed by atoms with Crippen LogP contribution in [-0.4, -0.2) is 31.7 Å². The first kappa shape index (κ1) is 9.96. The molecule has 1 fully saturated rings. The molecule has 2 atom stereocenters. The van der Waals surface area contributed by atoms with Gasteiger partial charge in [-0.1, -0.05) is 6.42 Å². The first-order chi connectivity index (χ1) is 5.83. The molecule has 0 bridgehead atoms. The summed E-state index contributed by atoms with van der Waals surface area (Å²) in [6.07, 6.45) is 4.06. The maximum absolute atomic E-state index is 9.35. The Labute approximate surface area is 73.7 Å². The third-order valence-electron chi connectivity index (χ3n) is 2.31. The van der Waals surface area contributed by atoms with Crippen molar-refractivity contribution in [3.05, 3.63) is 0 Å². The Morgan fingerprint density at radius 3 is 2.92 bits per heavy atom. The van der Waals surface area contributed by atoms with Gasteiger partial charge in [0.2, 0.25) is 0 Å². The third-order valence-corrected chi connectivity index (χ3v) is 2.31. The highest BCUT2D eigenvalue weighted by atomic mass is 16.7. The fraction of sp³-hybridized carbons (Fsp3) is 1.00. The summed E-state index contributed by atoms with van der Waals surface area (Å²) in [7, 11) is 1.62. The lowest BCUT2D eigenvalue weighted by molar-refractivity contribution is -0.0539. The van der Waals surface area contributed by atoms with Gasteiger partial charge in [0.1, 0.15) is 6.79 Å². The molecular weight excluding hydrogens is 156 g/mol. The van der Waals surface area contributed by atoms with Gasteiger partial charge in [0.05, 0.1) is 12.7 Å². The summed E-state index contributed by atoms with van der Waals surface area (Å²) in [5.41, 5.74) is 0. The molecule has 1 N–H and O–H groups in total. The summed E-state index contributed by atoms with van der Waals surface area (Å²) in [5, 5.41) is 9.35. The Kier molecular flexibility index (Phi) is 4.58. The van der Waals surface area contributed by atoms with Crippen molar-refractivity contribution in [3.63, 3.8) is 0 Å². The van der Waals surface area contributed by atoms with Crippen LogP contribution in [0.3, 0.4) is 0 Å². The molecule has 0 aromatic heterocycles. The molecule has 2 unspecified atom stereocenters. The predicted octanol–water partition coefficient (Wildman–Crippen LogP) is 1.16. The van der Waals surface area contributed by atoms with Gasteiger partial charge in [0.25, 0.3) is 0 Å². The summed E-state index contributed by atoms with van der Waals surface area (Å²) in [6.45, 7) is 1.09. The molecule has 1 rings (SSSR count). The van der Waals surface area contributed by atoms with E-state index >= 15 is 0 Å². The Morgan fingerprint density at radius 1 is 1.42 bits per heavy atom. The van der Waals surface area contributed by atoms with Crippen molar-refractivity contribution in [2.45, 2.75) is 31.8 Å². The largest absolute Gasteiger partial charge is 0.393 e. The van der Waals surface area contributed by atoms with Crippen molar-refractivity contribution >= 4 is 0 Å². The zero-order valence-electron chi connectivity index (χ0n) is 7.66. The van der Waals surface area contributed by atoms with Crippen LogP contribution >= 0.6 is 0 Å². The van der Waals surface area contributed by atoms with Gasteiger partial charge >= 0.3 is 0 Å². The van der Waals surface area contributed by atoms with Gasteiger partial charge in [0, 0.05) is 7.11 Å². The van der Waals surface area contributed by atoms with E-state index in [0.717, 1.165) is 25.9 Å². The van der Waals surface area contributed by atoms with Crippen molar-refractivity contribution < 1.29 is 14.6 Å². The highest BCUT2D eigenvalue weighted by molar-refractivity contribution is 4.71. The van der Waals surface area contributed by atoms with Crippen molar-refractivity contribution in [1.29, 1.82) is 0 Å².